The summed E-state index contributed by atoms with van der Waals surface area (Å²) in [5, 5.41) is 7.89. The molecule has 1 fully saturated rings. The maximum atomic E-state index is 4.24. The van der Waals surface area contributed by atoms with Gasteiger partial charge < -0.3 is 5.32 Å². The zero-order valence-electron chi connectivity index (χ0n) is 10.4. The molecule has 2 aliphatic rings. The summed E-state index contributed by atoms with van der Waals surface area (Å²) < 4.78 is 2.00. The van der Waals surface area contributed by atoms with Crippen LogP contribution in [-0.2, 0) is 6.54 Å². The quantitative estimate of drug-likeness (QED) is 0.786. The highest BCUT2D eigenvalue weighted by Crippen LogP contribution is 2.42. The van der Waals surface area contributed by atoms with Crippen molar-refractivity contribution >= 4 is 0 Å². The molecule has 92 valence electrons. The van der Waals surface area contributed by atoms with Gasteiger partial charge in [0.25, 0.3) is 0 Å². The summed E-state index contributed by atoms with van der Waals surface area (Å²) >= 11 is 0. The minimum absolute atomic E-state index is 0.498. The van der Waals surface area contributed by atoms with E-state index in [1.54, 1.807) is 0 Å². The molecule has 0 saturated heterocycles. The summed E-state index contributed by atoms with van der Waals surface area (Å²) in [6.07, 6.45) is 11.5. The Morgan fingerprint density at radius 1 is 1.41 bits per heavy atom. The molecular weight excluding hydrogens is 210 g/mol. The molecule has 4 atom stereocenters. The largest absolute Gasteiger partial charge is 0.312 e. The first-order chi connectivity index (χ1) is 8.31. The van der Waals surface area contributed by atoms with E-state index in [0.717, 1.165) is 30.8 Å². The SMILES string of the molecule is CC(Cn1cccn1)NCC1CC2C=CC1C2. The summed E-state index contributed by atoms with van der Waals surface area (Å²) in [4.78, 5) is 0. The van der Waals surface area contributed by atoms with Crippen LogP contribution in [0.15, 0.2) is 30.6 Å². The first-order valence-electron chi connectivity index (χ1n) is 6.70. The van der Waals surface area contributed by atoms with Gasteiger partial charge in [0.05, 0.1) is 6.54 Å². The summed E-state index contributed by atoms with van der Waals surface area (Å²) in [5.41, 5.74) is 0. The van der Waals surface area contributed by atoms with Gasteiger partial charge in [0, 0.05) is 18.4 Å². The summed E-state index contributed by atoms with van der Waals surface area (Å²) in [5.74, 6) is 2.60. The van der Waals surface area contributed by atoms with Crippen molar-refractivity contribution in [3.63, 3.8) is 0 Å². The molecule has 0 radical (unpaired) electrons. The number of rotatable bonds is 5. The number of nitrogens with one attached hydrogen (secondary N) is 1. The topological polar surface area (TPSA) is 29.9 Å². The highest BCUT2D eigenvalue weighted by molar-refractivity contribution is 5.10. The maximum Gasteiger partial charge on any atom is 0.0559 e. The van der Waals surface area contributed by atoms with Crippen molar-refractivity contribution in [2.45, 2.75) is 32.4 Å². The third kappa shape index (κ3) is 2.44. The fourth-order valence-electron chi connectivity index (χ4n) is 3.24. The number of aromatic nitrogens is 2. The average Bonchev–Trinajstić information content (AvgIpc) is 3.02. The summed E-state index contributed by atoms with van der Waals surface area (Å²) in [6.45, 7) is 4.36. The average molecular weight is 231 g/mol. The molecule has 2 aliphatic carbocycles. The second-order valence-corrected chi connectivity index (χ2v) is 5.58. The van der Waals surface area contributed by atoms with Crippen molar-refractivity contribution < 1.29 is 0 Å². The van der Waals surface area contributed by atoms with Gasteiger partial charge in [-0.2, -0.15) is 5.10 Å². The standard InChI is InChI=1S/C14H21N3/c1-11(10-17-6-2-5-16-17)15-9-14-8-12-3-4-13(14)7-12/h2-6,11-15H,7-10H2,1H3. The van der Waals surface area contributed by atoms with Gasteiger partial charge in [-0.1, -0.05) is 12.2 Å². The minimum Gasteiger partial charge on any atom is -0.312 e. The van der Waals surface area contributed by atoms with Crippen LogP contribution in [0.3, 0.4) is 0 Å². The smallest absolute Gasteiger partial charge is 0.0559 e. The summed E-state index contributed by atoms with van der Waals surface area (Å²) in [7, 11) is 0. The van der Waals surface area contributed by atoms with Crippen molar-refractivity contribution in [1.29, 1.82) is 0 Å². The van der Waals surface area contributed by atoms with Crippen LogP contribution in [0.1, 0.15) is 19.8 Å². The number of hydrogen-bond acceptors (Lipinski definition) is 2. The fourth-order valence-corrected chi connectivity index (χ4v) is 3.24. The third-order valence-electron chi connectivity index (χ3n) is 4.16. The Kier molecular flexibility index (Phi) is 3.02. The van der Waals surface area contributed by atoms with Crippen LogP contribution in [0.2, 0.25) is 0 Å². The molecule has 3 nitrogen and oxygen atoms in total. The molecule has 3 rings (SSSR count). The van der Waals surface area contributed by atoms with Gasteiger partial charge in [-0.15, -0.1) is 0 Å². The lowest BCUT2D eigenvalue weighted by Gasteiger charge is -2.21. The predicted octanol–water partition coefficient (Wildman–Crippen LogP) is 2.07. The van der Waals surface area contributed by atoms with Crippen LogP contribution in [0, 0.1) is 17.8 Å². The zero-order valence-corrected chi connectivity index (χ0v) is 10.4. The molecule has 0 amide bonds. The lowest BCUT2D eigenvalue weighted by atomic mass is 9.93. The molecule has 0 aliphatic heterocycles. The van der Waals surface area contributed by atoms with Crippen molar-refractivity contribution in [2.75, 3.05) is 6.54 Å². The maximum absolute atomic E-state index is 4.24. The van der Waals surface area contributed by atoms with Crippen LogP contribution in [0.4, 0.5) is 0 Å². The Balaban J connectivity index is 1.44. The highest BCUT2D eigenvalue weighted by Gasteiger charge is 2.35. The van der Waals surface area contributed by atoms with E-state index < -0.39 is 0 Å². The molecule has 1 saturated carbocycles. The normalized spacial score (nSPS) is 32.2. The van der Waals surface area contributed by atoms with Crippen molar-refractivity contribution in [3.8, 4) is 0 Å². The van der Waals surface area contributed by atoms with E-state index in [0.29, 0.717) is 6.04 Å². The molecule has 0 aromatic carbocycles. The molecule has 3 heteroatoms. The van der Waals surface area contributed by atoms with Gasteiger partial charge in [0.15, 0.2) is 0 Å². The van der Waals surface area contributed by atoms with E-state index >= 15 is 0 Å². The van der Waals surface area contributed by atoms with E-state index in [1.807, 2.05) is 23.1 Å². The van der Waals surface area contributed by atoms with E-state index in [4.69, 9.17) is 0 Å². The molecule has 0 spiro atoms. The Morgan fingerprint density at radius 2 is 2.35 bits per heavy atom. The highest BCUT2D eigenvalue weighted by atomic mass is 15.3. The zero-order chi connectivity index (χ0) is 11.7. The number of hydrogen-bond donors (Lipinski definition) is 1. The number of allylic oxidation sites excluding steroid dienone is 2. The lowest BCUT2D eigenvalue weighted by Crippen LogP contribution is -2.35. The van der Waals surface area contributed by atoms with Crippen LogP contribution in [0.5, 0.6) is 0 Å². The Hall–Kier alpha value is -1.09. The van der Waals surface area contributed by atoms with Gasteiger partial charge in [0.1, 0.15) is 0 Å². The lowest BCUT2D eigenvalue weighted by molar-refractivity contribution is 0.367. The molecule has 2 bridgehead atoms. The van der Waals surface area contributed by atoms with Crippen LogP contribution in [0.25, 0.3) is 0 Å². The molecule has 1 aromatic rings. The van der Waals surface area contributed by atoms with Crippen molar-refractivity contribution in [3.05, 3.63) is 30.6 Å². The van der Waals surface area contributed by atoms with Crippen LogP contribution in [-0.4, -0.2) is 22.4 Å². The molecule has 17 heavy (non-hydrogen) atoms. The Bertz CT molecular complexity index is 382. The number of fused-ring (bicyclic) bond motifs is 2. The summed E-state index contributed by atoms with van der Waals surface area (Å²) in [6, 6.07) is 2.48. The van der Waals surface area contributed by atoms with Crippen molar-refractivity contribution in [1.82, 2.24) is 15.1 Å². The predicted molar refractivity (Wildman–Crippen MR) is 68.5 cm³/mol. The van der Waals surface area contributed by atoms with E-state index in [9.17, 15) is 0 Å². The Morgan fingerprint density at radius 3 is 3.00 bits per heavy atom. The molecular formula is C14H21N3. The number of nitrogens with zero attached hydrogens (tertiary/aromatic N) is 2. The van der Waals surface area contributed by atoms with Gasteiger partial charge >= 0.3 is 0 Å². The van der Waals surface area contributed by atoms with E-state index in [2.05, 4.69) is 29.5 Å². The third-order valence-corrected chi connectivity index (χ3v) is 4.16. The Labute approximate surface area is 103 Å². The molecule has 1 aromatic heterocycles. The van der Waals surface area contributed by atoms with E-state index in [-0.39, 0.29) is 0 Å². The fraction of sp³-hybridized carbons (Fsp3) is 0.643. The van der Waals surface area contributed by atoms with Gasteiger partial charge in [-0.25, -0.2) is 0 Å². The van der Waals surface area contributed by atoms with Gasteiger partial charge in [0.2, 0.25) is 0 Å². The van der Waals surface area contributed by atoms with Crippen LogP contribution < -0.4 is 5.32 Å². The van der Waals surface area contributed by atoms with Gasteiger partial charge in [-0.3, -0.25) is 4.68 Å². The van der Waals surface area contributed by atoms with E-state index in [1.165, 1.54) is 12.8 Å². The van der Waals surface area contributed by atoms with Crippen molar-refractivity contribution in [2.24, 2.45) is 17.8 Å². The molecule has 1 heterocycles. The first kappa shape index (κ1) is 11.0. The second-order valence-electron chi connectivity index (χ2n) is 5.58. The monoisotopic (exact) mass is 231 g/mol. The first-order valence-corrected chi connectivity index (χ1v) is 6.70. The van der Waals surface area contributed by atoms with Gasteiger partial charge in [-0.05, 0) is 50.1 Å². The minimum atomic E-state index is 0.498. The molecule has 4 unspecified atom stereocenters. The second kappa shape index (κ2) is 4.65. The van der Waals surface area contributed by atoms with Crippen LogP contribution >= 0.6 is 0 Å². The molecule has 1 N–H and O–H groups in total.